The normalized spacial score (nSPS) is 10.4. The number of aromatic nitrogens is 1. The first kappa shape index (κ1) is 20.6. The molecule has 0 aliphatic heterocycles. The maximum Gasteiger partial charge on any atom is 0.257 e. The molecule has 2 aromatic carbocycles. The fourth-order valence-electron chi connectivity index (χ4n) is 2.72. The van der Waals surface area contributed by atoms with Gasteiger partial charge in [-0.2, -0.15) is 0 Å². The van der Waals surface area contributed by atoms with Crippen LogP contribution >= 0.6 is 11.3 Å². The topological polar surface area (TPSA) is 60.5 Å². The molecule has 0 aliphatic carbocycles. The lowest BCUT2D eigenvalue weighted by atomic mass is 10.1. The molecule has 1 heterocycles. The summed E-state index contributed by atoms with van der Waals surface area (Å²) in [6.45, 7) is 6.50. The Hall–Kier alpha value is -3.12. The van der Waals surface area contributed by atoms with Crippen LogP contribution in [0.1, 0.15) is 10.6 Å². The number of carbonyl (C=O) groups is 1. The Morgan fingerprint density at radius 2 is 1.86 bits per heavy atom. The lowest BCUT2D eigenvalue weighted by Gasteiger charge is -2.11. The lowest BCUT2D eigenvalue weighted by Crippen LogP contribution is -2.30. The van der Waals surface area contributed by atoms with Crippen LogP contribution in [0.15, 0.2) is 66.6 Å². The predicted molar refractivity (Wildman–Crippen MR) is 117 cm³/mol. The number of nitrogens with one attached hydrogen (secondary N) is 1. The zero-order chi connectivity index (χ0) is 20.5. The van der Waals surface area contributed by atoms with Crippen LogP contribution < -0.4 is 14.8 Å². The summed E-state index contributed by atoms with van der Waals surface area (Å²) in [7, 11) is 0. The van der Waals surface area contributed by atoms with Crippen molar-refractivity contribution in [3.05, 3.63) is 77.1 Å². The molecule has 1 aromatic heterocycles. The highest BCUT2D eigenvalue weighted by Crippen LogP contribution is 2.26. The number of ether oxygens (including phenoxy) is 2. The second kappa shape index (κ2) is 10.4. The smallest absolute Gasteiger partial charge is 0.257 e. The van der Waals surface area contributed by atoms with Crippen LogP contribution in [0.4, 0.5) is 0 Å². The molecular formula is C23H24N2O3S. The van der Waals surface area contributed by atoms with E-state index in [2.05, 4.69) is 46.5 Å². The van der Waals surface area contributed by atoms with Gasteiger partial charge >= 0.3 is 0 Å². The Morgan fingerprint density at radius 3 is 2.52 bits per heavy atom. The van der Waals surface area contributed by atoms with Crippen LogP contribution in [-0.2, 0) is 11.2 Å². The third kappa shape index (κ3) is 6.19. The molecule has 0 saturated heterocycles. The van der Waals surface area contributed by atoms with E-state index in [0.717, 1.165) is 28.2 Å². The molecule has 0 aliphatic rings. The molecule has 0 spiro atoms. The maximum absolute atomic E-state index is 12.1. The fraction of sp³-hybridized carbons (Fsp3) is 0.217. The highest BCUT2D eigenvalue weighted by atomic mass is 32.1. The Kier molecular flexibility index (Phi) is 7.41. The number of amides is 1. The summed E-state index contributed by atoms with van der Waals surface area (Å²) in [4.78, 5) is 16.6. The molecule has 0 atom stereocenters. The quantitative estimate of drug-likeness (QED) is 0.505. The minimum absolute atomic E-state index is 0.0590. The number of nitrogens with zero attached hydrogens (tertiary/aromatic N) is 1. The number of aryl methyl sites for hydroxylation is 1. The molecule has 1 N–H and O–H groups in total. The summed E-state index contributed by atoms with van der Waals surface area (Å²) in [5, 5.41) is 6.00. The third-order valence-corrected chi connectivity index (χ3v) is 4.94. The zero-order valence-corrected chi connectivity index (χ0v) is 17.2. The second-order valence-electron chi connectivity index (χ2n) is 6.38. The van der Waals surface area contributed by atoms with Gasteiger partial charge in [-0.15, -0.1) is 11.3 Å². The van der Waals surface area contributed by atoms with E-state index in [1.54, 1.807) is 29.5 Å². The van der Waals surface area contributed by atoms with E-state index < -0.39 is 0 Å². The van der Waals surface area contributed by atoms with Gasteiger partial charge in [-0.05, 0) is 31.0 Å². The number of hydrogen-bond donors (Lipinski definition) is 1. The van der Waals surface area contributed by atoms with E-state index in [1.807, 2.05) is 19.1 Å². The average molecular weight is 409 g/mol. The molecule has 3 rings (SSSR count). The molecule has 6 heteroatoms. The second-order valence-corrected chi connectivity index (χ2v) is 7.45. The summed E-state index contributed by atoms with van der Waals surface area (Å²) in [5.74, 6) is 0.964. The van der Waals surface area contributed by atoms with Crippen molar-refractivity contribution in [3.8, 4) is 22.8 Å². The number of rotatable bonds is 10. The van der Waals surface area contributed by atoms with Gasteiger partial charge in [-0.25, -0.2) is 4.98 Å². The van der Waals surface area contributed by atoms with Gasteiger partial charge in [0, 0.05) is 17.5 Å². The van der Waals surface area contributed by atoms with Crippen molar-refractivity contribution in [3.63, 3.8) is 0 Å². The van der Waals surface area contributed by atoms with Crippen LogP contribution in [0.25, 0.3) is 11.3 Å². The maximum atomic E-state index is 12.1. The Morgan fingerprint density at radius 1 is 1.14 bits per heavy atom. The summed E-state index contributed by atoms with van der Waals surface area (Å²) in [5.41, 5.74) is 3.26. The van der Waals surface area contributed by atoms with Crippen molar-refractivity contribution in [2.24, 2.45) is 0 Å². The van der Waals surface area contributed by atoms with Crippen molar-refractivity contribution >= 4 is 17.2 Å². The summed E-state index contributed by atoms with van der Waals surface area (Å²) in [6.07, 6.45) is 2.41. The van der Waals surface area contributed by atoms with E-state index in [1.165, 1.54) is 0 Å². The van der Waals surface area contributed by atoms with Gasteiger partial charge in [-0.1, -0.05) is 49.1 Å². The minimum atomic E-state index is -0.168. The molecule has 0 fully saturated rings. The molecule has 3 aromatic rings. The van der Waals surface area contributed by atoms with Crippen molar-refractivity contribution in [1.82, 2.24) is 10.3 Å². The largest absolute Gasteiger partial charge is 0.486 e. The molecule has 0 saturated carbocycles. The Balaban J connectivity index is 1.43. The van der Waals surface area contributed by atoms with Crippen LogP contribution in [0.5, 0.6) is 11.5 Å². The van der Waals surface area contributed by atoms with Crippen LogP contribution in [0.2, 0.25) is 0 Å². The van der Waals surface area contributed by atoms with Gasteiger partial charge < -0.3 is 14.8 Å². The van der Waals surface area contributed by atoms with Gasteiger partial charge in [0.2, 0.25) is 0 Å². The molecule has 0 radical (unpaired) electrons. The van der Waals surface area contributed by atoms with E-state index in [-0.39, 0.29) is 12.5 Å². The molecule has 1 amide bonds. The van der Waals surface area contributed by atoms with Crippen molar-refractivity contribution in [2.45, 2.75) is 13.3 Å². The summed E-state index contributed by atoms with van der Waals surface area (Å²) in [6, 6.07) is 15.5. The minimum Gasteiger partial charge on any atom is -0.486 e. The number of carbonyl (C=O) groups excluding carboxylic acids is 1. The summed E-state index contributed by atoms with van der Waals surface area (Å²) >= 11 is 1.65. The average Bonchev–Trinajstić information content (AvgIpc) is 3.18. The van der Waals surface area contributed by atoms with Gasteiger partial charge in [0.25, 0.3) is 5.91 Å². The van der Waals surface area contributed by atoms with E-state index in [0.29, 0.717) is 24.7 Å². The molecule has 29 heavy (non-hydrogen) atoms. The number of thiazole rings is 1. The zero-order valence-electron chi connectivity index (χ0n) is 16.4. The molecule has 150 valence electrons. The van der Waals surface area contributed by atoms with E-state index >= 15 is 0 Å². The van der Waals surface area contributed by atoms with Crippen LogP contribution in [0, 0.1) is 6.92 Å². The van der Waals surface area contributed by atoms with Gasteiger partial charge in [0.1, 0.15) is 6.61 Å². The van der Waals surface area contributed by atoms with Gasteiger partial charge in [0.05, 0.1) is 10.7 Å². The third-order valence-electron chi connectivity index (χ3n) is 4.17. The van der Waals surface area contributed by atoms with E-state index in [9.17, 15) is 4.79 Å². The van der Waals surface area contributed by atoms with Crippen LogP contribution in [-0.4, -0.2) is 30.6 Å². The first-order chi connectivity index (χ1) is 14.2. The summed E-state index contributed by atoms with van der Waals surface area (Å²) < 4.78 is 11.1. The van der Waals surface area contributed by atoms with Gasteiger partial charge in [0.15, 0.2) is 18.1 Å². The molecular weight excluding hydrogens is 384 g/mol. The SMILES string of the molecule is C=CCOc1ccccc1OCC(=O)NCCc1ccc(-c2csc(C)n2)cc1. The highest BCUT2D eigenvalue weighted by molar-refractivity contribution is 7.09. The first-order valence-electron chi connectivity index (χ1n) is 9.39. The predicted octanol–water partition coefficient (Wildman–Crippen LogP) is 4.42. The van der Waals surface area contributed by atoms with Crippen molar-refractivity contribution < 1.29 is 14.3 Å². The number of hydrogen-bond acceptors (Lipinski definition) is 5. The molecule has 5 nitrogen and oxygen atoms in total. The lowest BCUT2D eigenvalue weighted by molar-refractivity contribution is -0.123. The number of benzene rings is 2. The molecule has 0 bridgehead atoms. The monoisotopic (exact) mass is 408 g/mol. The van der Waals surface area contributed by atoms with E-state index in [4.69, 9.17) is 9.47 Å². The van der Waals surface area contributed by atoms with Crippen molar-refractivity contribution in [2.75, 3.05) is 19.8 Å². The Bertz CT molecular complexity index is 951. The van der Waals surface area contributed by atoms with Gasteiger partial charge in [-0.3, -0.25) is 4.79 Å². The van der Waals surface area contributed by atoms with Crippen molar-refractivity contribution in [1.29, 1.82) is 0 Å². The standard InChI is InChI=1S/C23H24N2O3S/c1-3-14-27-21-6-4-5-7-22(21)28-15-23(26)24-13-12-18-8-10-19(11-9-18)20-16-29-17(2)25-20/h3-11,16H,1,12-15H2,2H3,(H,24,26). The number of para-hydroxylation sites is 2. The Labute approximate surface area is 175 Å². The molecule has 0 unspecified atom stereocenters. The first-order valence-corrected chi connectivity index (χ1v) is 10.3. The fourth-order valence-corrected chi connectivity index (χ4v) is 3.34. The van der Waals surface area contributed by atoms with Crippen LogP contribution in [0.3, 0.4) is 0 Å². The highest BCUT2D eigenvalue weighted by Gasteiger charge is 2.07.